The molecule has 2 aromatic carbocycles. The van der Waals surface area contributed by atoms with Crippen molar-refractivity contribution in [3.05, 3.63) is 59.7 Å². The maximum Gasteiger partial charge on any atom is 0.414 e. The number of nitriles is 1. The lowest BCUT2D eigenvalue weighted by Gasteiger charge is -2.28. The van der Waals surface area contributed by atoms with Crippen molar-refractivity contribution >= 4 is 11.8 Å². The molecule has 0 atom stereocenters. The molecule has 0 bridgehead atoms. The van der Waals surface area contributed by atoms with Gasteiger partial charge in [0.15, 0.2) is 0 Å². The van der Waals surface area contributed by atoms with Gasteiger partial charge in [-0.15, -0.1) is 0 Å². The van der Waals surface area contributed by atoms with Crippen LogP contribution < -0.4 is 9.64 Å². The van der Waals surface area contributed by atoms with Crippen LogP contribution in [0.25, 0.3) is 0 Å². The highest BCUT2D eigenvalue weighted by atomic mass is 16.6. The summed E-state index contributed by atoms with van der Waals surface area (Å²) < 4.78 is 10.9. The van der Waals surface area contributed by atoms with Crippen LogP contribution in [0.1, 0.15) is 38.3 Å². The predicted molar refractivity (Wildman–Crippen MR) is 119 cm³/mol. The summed E-state index contributed by atoms with van der Waals surface area (Å²) in [5, 5.41) is 9.22. The van der Waals surface area contributed by atoms with Crippen LogP contribution in [0.4, 0.5) is 10.5 Å². The van der Waals surface area contributed by atoms with E-state index in [1.165, 1.54) is 12.7 Å². The molecule has 2 rings (SSSR count). The fraction of sp³-hybridized carbons (Fsp3) is 0.417. The van der Waals surface area contributed by atoms with Crippen molar-refractivity contribution in [1.82, 2.24) is 4.90 Å². The number of rotatable bonds is 8. The summed E-state index contributed by atoms with van der Waals surface area (Å²) in [6, 6.07) is 17.5. The third-order valence-corrected chi connectivity index (χ3v) is 4.45. The molecule has 6 heteroatoms. The van der Waals surface area contributed by atoms with E-state index in [1.807, 2.05) is 39.0 Å². The molecular formula is C24H31N3O3. The van der Waals surface area contributed by atoms with Gasteiger partial charge in [-0.05, 0) is 58.5 Å². The second-order valence-electron chi connectivity index (χ2n) is 8.21. The standard InChI is InChI=1S/C24H31N3O3/c1-24(2,3)30-23(28)27(21-13-12-20(17-25)22(16-21)29-5)15-9-14-26(4)18-19-10-7-6-8-11-19/h6-8,10-13,16H,9,14-15,18H2,1-5H3. The molecule has 0 radical (unpaired) electrons. The van der Waals surface area contributed by atoms with Crippen molar-refractivity contribution in [2.24, 2.45) is 0 Å². The van der Waals surface area contributed by atoms with Gasteiger partial charge in [-0.25, -0.2) is 4.79 Å². The first kappa shape index (κ1) is 23.2. The van der Waals surface area contributed by atoms with E-state index in [2.05, 4.69) is 30.1 Å². The van der Waals surface area contributed by atoms with Crippen LogP contribution >= 0.6 is 0 Å². The summed E-state index contributed by atoms with van der Waals surface area (Å²) in [5.41, 5.74) is 1.72. The van der Waals surface area contributed by atoms with Gasteiger partial charge in [-0.3, -0.25) is 4.90 Å². The normalized spacial score (nSPS) is 11.1. The largest absolute Gasteiger partial charge is 0.495 e. The van der Waals surface area contributed by atoms with Gasteiger partial charge in [-0.1, -0.05) is 30.3 Å². The number of hydrogen-bond donors (Lipinski definition) is 0. The maximum absolute atomic E-state index is 12.9. The third-order valence-electron chi connectivity index (χ3n) is 4.45. The van der Waals surface area contributed by atoms with Gasteiger partial charge in [0.2, 0.25) is 0 Å². The smallest absolute Gasteiger partial charge is 0.414 e. The SMILES string of the molecule is COc1cc(N(CCCN(C)Cc2ccccc2)C(=O)OC(C)(C)C)ccc1C#N. The van der Waals surface area contributed by atoms with Crippen molar-refractivity contribution in [1.29, 1.82) is 5.26 Å². The number of carbonyl (C=O) groups is 1. The Bertz CT molecular complexity index is 870. The van der Waals surface area contributed by atoms with Crippen LogP contribution in [0, 0.1) is 11.3 Å². The summed E-state index contributed by atoms with van der Waals surface area (Å²) in [6.07, 6.45) is 0.352. The number of ether oxygens (including phenoxy) is 2. The summed E-state index contributed by atoms with van der Waals surface area (Å²) >= 11 is 0. The fourth-order valence-corrected chi connectivity index (χ4v) is 3.06. The van der Waals surface area contributed by atoms with Crippen molar-refractivity contribution < 1.29 is 14.3 Å². The number of methoxy groups -OCH3 is 1. The Kier molecular flexibility index (Phi) is 8.25. The van der Waals surface area contributed by atoms with Crippen LogP contribution in [-0.4, -0.2) is 43.8 Å². The topological polar surface area (TPSA) is 65.8 Å². The molecule has 6 nitrogen and oxygen atoms in total. The fourth-order valence-electron chi connectivity index (χ4n) is 3.06. The van der Waals surface area contributed by atoms with Gasteiger partial charge in [0.1, 0.15) is 17.4 Å². The van der Waals surface area contributed by atoms with Crippen molar-refractivity contribution in [3.63, 3.8) is 0 Å². The van der Waals surface area contributed by atoms with E-state index >= 15 is 0 Å². The highest BCUT2D eigenvalue weighted by molar-refractivity contribution is 5.88. The lowest BCUT2D eigenvalue weighted by molar-refractivity contribution is 0.0579. The average molecular weight is 410 g/mol. The molecule has 0 aromatic heterocycles. The Hall–Kier alpha value is -3.04. The molecule has 0 unspecified atom stereocenters. The Labute approximate surface area is 179 Å². The molecule has 30 heavy (non-hydrogen) atoms. The average Bonchev–Trinajstić information content (AvgIpc) is 2.70. The minimum Gasteiger partial charge on any atom is -0.495 e. The molecule has 0 spiro atoms. The second kappa shape index (κ2) is 10.7. The van der Waals surface area contributed by atoms with Gasteiger partial charge in [0.25, 0.3) is 0 Å². The Morgan fingerprint density at radius 2 is 1.80 bits per heavy atom. The number of benzene rings is 2. The zero-order valence-electron chi connectivity index (χ0n) is 18.5. The van der Waals surface area contributed by atoms with E-state index in [0.717, 1.165) is 19.5 Å². The van der Waals surface area contributed by atoms with E-state index in [0.29, 0.717) is 23.5 Å². The van der Waals surface area contributed by atoms with Crippen molar-refractivity contribution in [2.75, 3.05) is 32.1 Å². The van der Waals surface area contributed by atoms with Crippen molar-refractivity contribution in [2.45, 2.75) is 39.3 Å². The third kappa shape index (κ3) is 7.09. The Balaban J connectivity index is 2.10. The number of carbonyl (C=O) groups excluding carboxylic acids is 1. The number of hydrogen-bond acceptors (Lipinski definition) is 5. The molecular weight excluding hydrogens is 378 g/mol. The lowest BCUT2D eigenvalue weighted by Crippen LogP contribution is -2.38. The van der Waals surface area contributed by atoms with E-state index in [9.17, 15) is 10.1 Å². The van der Waals surface area contributed by atoms with Crippen LogP contribution in [0.15, 0.2) is 48.5 Å². The Morgan fingerprint density at radius 3 is 2.40 bits per heavy atom. The van der Waals surface area contributed by atoms with Crippen LogP contribution in [0.5, 0.6) is 5.75 Å². The van der Waals surface area contributed by atoms with Gasteiger partial charge >= 0.3 is 6.09 Å². The first-order valence-electron chi connectivity index (χ1n) is 10.0. The molecule has 0 fully saturated rings. The van der Waals surface area contributed by atoms with Crippen molar-refractivity contribution in [3.8, 4) is 11.8 Å². The van der Waals surface area contributed by atoms with Gasteiger partial charge in [0, 0.05) is 19.2 Å². The molecule has 0 saturated carbocycles. The summed E-state index contributed by atoms with van der Waals surface area (Å²) in [4.78, 5) is 16.7. The molecule has 0 saturated heterocycles. The summed E-state index contributed by atoms with van der Waals surface area (Å²) in [7, 11) is 3.58. The van der Waals surface area contributed by atoms with Gasteiger partial charge in [-0.2, -0.15) is 5.26 Å². The van der Waals surface area contributed by atoms with E-state index in [4.69, 9.17) is 9.47 Å². The molecule has 160 valence electrons. The molecule has 0 heterocycles. The maximum atomic E-state index is 12.9. The second-order valence-corrected chi connectivity index (χ2v) is 8.21. The van der Waals surface area contributed by atoms with Gasteiger partial charge < -0.3 is 14.4 Å². The zero-order chi connectivity index (χ0) is 22.1. The quantitative estimate of drug-likeness (QED) is 0.625. The minimum absolute atomic E-state index is 0.417. The molecule has 0 N–H and O–H groups in total. The van der Waals surface area contributed by atoms with E-state index in [-0.39, 0.29) is 0 Å². The van der Waals surface area contributed by atoms with E-state index in [1.54, 1.807) is 23.1 Å². The van der Waals surface area contributed by atoms with Crippen LogP contribution in [-0.2, 0) is 11.3 Å². The predicted octanol–water partition coefficient (Wildman–Crippen LogP) is 4.83. The highest BCUT2D eigenvalue weighted by Gasteiger charge is 2.24. The summed E-state index contributed by atoms with van der Waals surface area (Å²) in [6.45, 7) is 7.69. The number of nitrogens with zero attached hydrogens (tertiary/aromatic N) is 3. The molecule has 1 amide bonds. The summed E-state index contributed by atoms with van der Waals surface area (Å²) in [5.74, 6) is 0.435. The number of amides is 1. The molecule has 0 aliphatic carbocycles. The monoisotopic (exact) mass is 409 g/mol. The van der Waals surface area contributed by atoms with Gasteiger partial charge in [0.05, 0.1) is 18.4 Å². The Morgan fingerprint density at radius 1 is 1.10 bits per heavy atom. The highest BCUT2D eigenvalue weighted by Crippen LogP contribution is 2.27. The van der Waals surface area contributed by atoms with E-state index < -0.39 is 11.7 Å². The number of anilines is 1. The zero-order valence-corrected chi connectivity index (χ0v) is 18.5. The molecule has 0 aliphatic rings. The molecule has 2 aromatic rings. The minimum atomic E-state index is -0.601. The van der Waals surface area contributed by atoms with Crippen LogP contribution in [0.2, 0.25) is 0 Å². The molecule has 0 aliphatic heterocycles. The first-order chi connectivity index (χ1) is 14.2. The first-order valence-corrected chi connectivity index (χ1v) is 10.0. The lowest BCUT2D eigenvalue weighted by atomic mass is 10.1. The van der Waals surface area contributed by atoms with Crippen LogP contribution in [0.3, 0.4) is 0 Å².